The first kappa shape index (κ1) is 11.9. The normalized spacial score (nSPS) is 19.9. The second-order valence-corrected chi connectivity index (χ2v) is 4.40. The molecule has 0 radical (unpaired) electrons. The molecule has 1 atom stereocenters. The lowest BCUT2D eigenvalue weighted by molar-refractivity contribution is 0.111. The van der Waals surface area contributed by atoms with Crippen molar-refractivity contribution in [1.29, 1.82) is 0 Å². The number of benzene rings is 1. The van der Waals surface area contributed by atoms with E-state index in [1.807, 2.05) is 30.3 Å². The number of carboxylic acid groups (broad SMARTS) is 1. The molecule has 2 N–H and O–H groups in total. The topological polar surface area (TPSA) is 52.6 Å². The SMILES string of the molecule is O=C(O)N(Cc1ccccc1)C1CCCNC1. The third kappa shape index (κ3) is 3.20. The van der Waals surface area contributed by atoms with E-state index in [0.717, 1.165) is 31.5 Å². The molecule has 2 rings (SSSR count). The fourth-order valence-electron chi connectivity index (χ4n) is 2.23. The average molecular weight is 234 g/mol. The van der Waals surface area contributed by atoms with Gasteiger partial charge in [-0.15, -0.1) is 0 Å². The quantitative estimate of drug-likeness (QED) is 0.840. The monoisotopic (exact) mass is 234 g/mol. The van der Waals surface area contributed by atoms with E-state index < -0.39 is 6.09 Å². The summed E-state index contributed by atoms with van der Waals surface area (Å²) in [6.07, 6.45) is 1.16. The highest BCUT2D eigenvalue weighted by Crippen LogP contribution is 2.14. The van der Waals surface area contributed by atoms with Crippen molar-refractivity contribution in [2.24, 2.45) is 0 Å². The van der Waals surface area contributed by atoms with Gasteiger partial charge in [0.15, 0.2) is 0 Å². The summed E-state index contributed by atoms with van der Waals surface area (Å²) in [5, 5.41) is 12.5. The van der Waals surface area contributed by atoms with Gasteiger partial charge in [-0.25, -0.2) is 4.79 Å². The van der Waals surface area contributed by atoms with Crippen molar-refractivity contribution in [3.8, 4) is 0 Å². The second kappa shape index (κ2) is 5.68. The molecule has 1 aromatic rings. The predicted molar refractivity (Wildman–Crippen MR) is 65.9 cm³/mol. The lowest BCUT2D eigenvalue weighted by atomic mass is 10.1. The zero-order valence-corrected chi connectivity index (χ0v) is 9.80. The molecule has 4 heteroatoms. The van der Waals surface area contributed by atoms with Crippen LogP contribution in [0.5, 0.6) is 0 Å². The maximum absolute atomic E-state index is 11.3. The van der Waals surface area contributed by atoms with Gasteiger partial charge in [0.1, 0.15) is 0 Å². The van der Waals surface area contributed by atoms with E-state index in [0.29, 0.717) is 6.54 Å². The Kier molecular flexibility index (Phi) is 3.98. The molecule has 1 aromatic carbocycles. The lowest BCUT2D eigenvalue weighted by Crippen LogP contribution is -2.47. The molecule has 1 amide bonds. The number of piperidine rings is 1. The van der Waals surface area contributed by atoms with Crippen LogP contribution in [0.2, 0.25) is 0 Å². The Morgan fingerprint density at radius 3 is 2.76 bits per heavy atom. The number of amides is 1. The Morgan fingerprint density at radius 1 is 1.41 bits per heavy atom. The van der Waals surface area contributed by atoms with E-state index in [1.165, 1.54) is 0 Å². The molecule has 1 heterocycles. The number of hydrogen-bond acceptors (Lipinski definition) is 2. The summed E-state index contributed by atoms with van der Waals surface area (Å²) in [7, 11) is 0. The molecule has 0 aliphatic carbocycles. The van der Waals surface area contributed by atoms with Crippen LogP contribution >= 0.6 is 0 Å². The second-order valence-electron chi connectivity index (χ2n) is 4.40. The van der Waals surface area contributed by atoms with Gasteiger partial charge < -0.3 is 10.4 Å². The van der Waals surface area contributed by atoms with E-state index in [-0.39, 0.29) is 6.04 Å². The number of hydrogen-bond donors (Lipinski definition) is 2. The van der Waals surface area contributed by atoms with Crippen molar-refractivity contribution in [2.45, 2.75) is 25.4 Å². The van der Waals surface area contributed by atoms with Crippen LogP contribution in [-0.2, 0) is 6.54 Å². The first-order chi connectivity index (χ1) is 8.27. The zero-order valence-electron chi connectivity index (χ0n) is 9.80. The molecule has 17 heavy (non-hydrogen) atoms. The molecule has 1 aliphatic rings. The van der Waals surface area contributed by atoms with Crippen LogP contribution in [-0.4, -0.2) is 35.2 Å². The summed E-state index contributed by atoms with van der Waals surface area (Å²) in [5.41, 5.74) is 1.04. The third-order valence-electron chi connectivity index (χ3n) is 3.15. The standard InChI is InChI=1S/C13H18N2O2/c16-13(17)15(12-7-4-8-14-9-12)10-11-5-2-1-3-6-11/h1-3,5-6,12,14H,4,7-10H2,(H,16,17). The summed E-state index contributed by atoms with van der Waals surface area (Å²) in [5.74, 6) is 0. The number of nitrogens with one attached hydrogen (secondary N) is 1. The average Bonchev–Trinajstić information content (AvgIpc) is 2.38. The van der Waals surface area contributed by atoms with Crippen LogP contribution in [0, 0.1) is 0 Å². The summed E-state index contributed by atoms with van der Waals surface area (Å²) in [6, 6.07) is 9.85. The molecular formula is C13H18N2O2. The lowest BCUT2D eigenvalue weighted by Gasteiger charge is -2.32. The van der Waals surface area contributed by atoms with Crippen molar-refractivity contribution < 1.29 is 9.90 Å². The van der Waals surface area contributed by atoms with Crippen LogP contribution in [0.1, 0.15) is 18.4 Å². The van der Waals surface area contributed by atoms with E-state index in [9.17, 15) is 9.90 Å². The maximum atomic E-state index is 11.3. The molecule has 1 fully saturated rings. The van der Waals surface area contributed by atoms with E-state index >= 15 is 0 Å². The van der Waals surface area contributed by atoms with Crippen molar-refractivity contribution in [3.63, 3.8) is 0 Å². The minimum absolute atomic E-state index is 0.0986. The predicted octanol–water partition coefficient (Wildman–Crippen LogP) is 1.92. The Bertz CT molecular complexity index is 361. The van der Waals surface area contributed by atoms with Gasteiger partial charge in [0.25, 0.3) is 0 Å². The van der Waals surface area contributed by atoms with Crippen molar-refractivity contribution in [1.82, 2.24) is 10.2 Å². The smallest absolute Gasteiger partial charge is 0.407 e. The minimum atomic E-state index is -0.831. The Labute approximate surface area is 101 Å². The van der Waals surface area contributed by atoms with E-state index in [4.69, 9.17) is 0 Å². The van der Waals surface area contributed by atoms with Gasteiger partial charge in [-0.05, 0) is 24.9 Å². The molecule has 0 spiro atoms. The molecule has 0 aromatic heterocycles. The molecule has 0 bridgehead atoms. The van der Waals surface area contributed by atoms with Crippen LogP contribution in [0.3, 0.4) is 0 Å². The van der Waals surface area contributed by atoms with Crippen molar-refractivity contribution >= 4 is 6.09 Å². The van der Waals surface area contributed by atoms with Crippen molar-refractivity contribution in [2.75, 3.05) is 13.1 Å². The largest absolute Gasteiger partial charge is 0.465 e. The van der Waals surface area contributed by atoms with E-state index in [2.05, 4.69) is 5.32 Å². The van der Waals surface area contributed by atoms with Crippen LogP contribution < -0.4 is 5.32 Å². The van der Waals surface area contributed by atoms with E-state index in [1.54, 1.807) is 4.90 Å². The highest BCUT2D eigenvalue weighted by atomic mass is 16.4. The Balaban J connectivity index is 2.04. The molecule has 0 saturated carbocycles. The third-order valence-corrected chi connectivity index (χ3v) is 3.15. The fourth-order valence-corrected chi connectivity index (χ4v) is 2.23. The van der Waals surface area contributed by atoms with Crippen molar-refractivity contribution in [3.05, 3.63) is 35.9 Å². The summed E-state index contributed by atoms with van der Waals surface area (Å²) < 4.78 is 0. The summed E-state index contributed by atoms with van der Waals surface area (Å²) in [4.78, 5) is 12.8. The number of nitrogens with zero attached hydrogens (tertiary/aromatic N) is 1. The van der Waals surface area contributed by atoms with Gasteiger partial charge in [-0.1, -0.05) is 30.3 Å². The van der Waals surface area contributed by atoms with Gasteiger partial charge >= 0.3 is 6.09 Å². The highest BCUT2D eigenvalue weighted by Gasteiger charge is 2.24. The Morgan fingerprint density at radius 2 is 2.18 bits per heavy atom. The van der Waals surface area contributed by atoms with Gasteiger partial charge in [0, 0.05) is 19.1 Å². The van der Waals surface area contributed by atoms with Crippen LogP contribution in [0.4, 0.5) is 4.79 Å². The molecule has 1 aliphatic heterocycles. The van der Waals surface area contributed by atoms with Crippen LogP contribution in [0.15, 0.2) is 30.3 Å². The molecular weight excluding hydrogens is 216 g/mol. The maximum Gasteiger partial charge on any atom is 0.407 e. The van der Waals surface area contributed by atoms with Crippen LogP contribution in [0.25, 0.3) is 0 Å². The summed E-state index contributed by atoms with van der Waals surface area (Å²) >= 11 is 0. The number of rotatable bonds is 3. The van der Waals surface area contributed by atoms with Gasteiger partial charge in [0.2, 0.25) is 0 Å². The van der Waals surface area contributed by atoms with Gasteiger partial charge in [-0.2, -0.15) is 0 Å². The molecule has 92 valence electrons. The van der Waals surface area contributed by atoms with Gasteiger partial charge in [0.05, 0.1) is 0 Å². The summed E-state index contributed by atoms with van der Waals surface area (Å²) in [6.45, 7) is 2.23. The zero-order chi connectivity index (χ0) is 12.1. The van der Waals surface area contributed by atoms with Gasteiger partial charge in [-0.3, -0.25) is 4.90 Å². The number of carbonyl (C=O) groups is 1. The Hall–Kier alpha value is -1.55. The molecule has 4 nitrogen and oxygen atoms in total. The highest BCUT2D eigenvalue weighted by molar-refractivity contribution is 5.65. The molecule has 1 saturated heterocycles. The fraction of sp³-hybridized carbons (Fsp3) is 0.462. The first-order valence-corrected chi connectivity index (χ1v) is 6.01. The first-order valence-electron chi connectivity index (χ1n) is 6.01. The molecule has 1 unspecified atom stereocenters. The minimum Gasteiger partial charge on any atom is -0.465 e.